The van der Waals surface area contributed by atoms with Crippen molar-refractivity contribution < 1.29 is 24.0 Å². The van der Waals surface area contributed by atoms with Crippen LogP contribution in [0.1, 0.15) is 34.3 Å². The number of aryl methyl sites for hydroxylation is 1. The Labute approximate surface area is 179 Å². The van der Waals surface area contributed by atoms with Crippen LogP contribution in [0.3, 0.4) is 0 Å². The summed E-state index contributed by atoms with van der Waals surface area (Å²) >= 11 is 0. The molecule has 2 aliphatic heterocycles. The van der Waals surface area contributed by atoms with E-state index < -0.39 is 11.0 Å². The molecule has 1 fully saturated rings. The van der Waals surface area contributed by atoms with E-state index in [2.05, 4.69) is 5.32 Å². The Morgan fingerprint density at radius 3 is 2.68 bits per heavy atom. The first-order valence-electron chi connectivity index (χ1n) is 10.2. The third-order valence-electron chi connectivity index (χ3n) is 5.53. The number of nitrogens with one attached hydrogen (secondary N) is 1. The van der Waals surface area contributed by atoms with Crippen LogP contribution in [-0.2, 0) is 11.3 Å². The van der Waals surface area contributed by atoms with Gasteiger partial charge in [-0.05, 0) is 49.6 Å². The van der Waals surface area contributed by atoms with Gasteiger partial charge in [0.2, 0.25) is 5.91 Å². The average Bonchev–Trinajstić information content (AvgIpc) is 3.26. The second-order valence-corrected chi connectivity index (χ2v) is 7.61. The molecule has 4 rings (SSSR count). The summed E-state index contributed by atoms with van der Waals surface area (Å²) < 4.78 is 11.1. The van der Waals surface area contributed by atoms with Crippen LogP contribution >= 0.6 is 0 Å². The predicted molar refractivity (Wildman–Crippen MR) is 111 cm³/mol. The fourth-order valence-corrected chi connectivity index (χ4v) is 3.95. The monoisotopic (exact) mass is 425 g/mol. The number of fused-ring (bicyclic) bond motifs is 1. The summed E-state index contributed by atoms with van der Waals surface area (Å²) in [6.07, 6.45) is 1.30. The van der Waals surface area contributed by atoms with Gasteiger partial charge in [-0.25, -0.2) is 0 Å². The van der Waals surface area contributed by atoms with Crippen LogP contribution in [-0.4, -0.2) is 47.4 Å². The predicted octanol–water partition coefficient (Wildman–Crippen LogP) is 2.60. The van der Waals surface area contributed by atoms with E-state index in [0.717, 1.165) is 12.0 Å². The number of carbonyl (C=O) groups excluding carboxylic acids is 2. The zero-order valence-corrected chi connectivity index (χ0v) is 17.1. The number of carbonyl (C=O) groups is 2. The zero-order valence-electron chi connectivity index (χ0n) is 17.1. The van der Waals surface area contributed by atoms with Gasteiger partial charge in [0.1, 0.15) is 19.3 Å². The van der Waals surface area contributed by atoms with Crippen LogP contribution in [0.25, 0.3) is 0 Å². The van der Waals surface area contributed by atoms with Crippen molar-refractivity contribution in [2.75, 3.05) is 19.8 Å². The Kier molecular flexibility index (Phi) is 5.75. The molecule has 0 aromatic heterocycles. The first-order chi connectivity index (χ1) is 14.9. The van der Waals surface area contributed by atoms with Gasteiger partial charge in [-0.3, -0.25) is 19.7 Å². The second-order valence-electron chi connectivity index (χ2n) is 7.61. The summed E-state index contributed by atoms with van der Waals surface area (Å²) in [5.41, 5.74) is 1.59. The highest BCUT2D eigenvalue weighted by Crippen LogP contribution is 2.31. The molecule has 31 heavy (non-hydrogen) atoms. The summed E-state index contributed by atoms with van der Waals surface area (Å²) in [5.74, 6) is 0.825. The largest absolute Gasteiger partial charge is 0.486 e. The molecule has 1 N–H and O–H groups in total. The van der Waals surface area contributed by atoms with E-state index in [9.17, 15) is 19.7 Å². The number of rotatable bonds is 5. The summed E-state index contributed by atoms with van der Waals surface area (Å²) in [6.45, 7) is 3.38. The molecule has 0 saturated carbocycles. The van der Waals surface area contributed by atoms with E-state index >= 15 is 0 Å². The minimum atomic E-state index is -0.569. The maximum atomic E-state index is 13.0. The third-order valence-corrected chi connectivity index (χ3v) is 5.53. The van der Waals surface area contributed by atoms with Gasteiger partial charge in [0.25, 0.3) is 11.6 Å². The number of nitrogens with zero attached hydrogens (tertiary/aromatic N) is 2. The highest BCUT2D eigenvalue weighted by Gasteiger charge is 2.34. The summed E-state index contributed by atoms with van der Waals surface area (Å²) in [4.78, 5) is 37.9. The Bertz CT molecular complexity index is 1040. The molecular formula is C22H23N3O6. The Morgan fingerprint density at radius 1 is 1.16 bits per heavy atom. The lowest BCUT2D eigenvalue weighted by molar-refractivity contribution is -0.385. The lowest BCUT2D eigenvalue weighted by Crippen LogP contribution is -2.45. The SMILES string of the molecule is Cc1cc(C(=O)N2CCCC2C(=O)NCc2ccc3c(c2)OCCO3)ccc1[N+](=O)[O-]. The van der Waals surface area contributed by atoms with Gasteiger partial charge in [0.15, 0.2) is 11.5 Å². The molecule has 1 unspecified atom stereocenters. The van der Waals surface area contributed by atoms with Gasteiger partial charge < -0.3 is 19.7 Å². The average molecular weight is 425 g/mol. The first-order valence-corrected chi connectivity index (χ1v) is 10.2. The first kappa shape index (κ1) is 20.6. The van der Waals surface area contributed by atoms with Crippen molar-refractivity contribution in [1.29, 1.82) is 0 Å². The van der Waals surface area contributed by atoms with E-state index in [1.165, 1.54) is 18.2 Å². The molecule has 2 heterocycles. The van der Waals surface area contributed by atoms with Crippen LogP contribution < -0.4 is 14.8 Å². The van der Waals surface area contributed by atoms with Gasteiger partial charge in [-0.1, -0.05) is 6.07 Å². The van der Waals surface area contributed by atoms with Crippen molar-refractivity contribution in [2.45, 2.75) is 32.4 Å². The minimum Gasteiger partial charge on any atom is -0.486 e. The fraction of sp³-hybridized carbons (Fsp3) is 0.364. The van der Waals surface area contributed by atoms with E-state index in [1.807, 2.05) is 18.2 Å². The molecular weight excluding hydrogens is 402 g/mol. The minimum absolute atomic E-state index is 0.0355. The van der Waals surface area contributed by atoms with Crippen LogP contribution in [0.15, 0.2) is 36.4 Å². The summed E-state index contributed by atoms with van der Waals surface area (Å²) in [7, 11) is 0. The van der Waals surface area contributed by atoms with Gasteiger partial charge in [0.05, 0.1) is 4.92 Å². The maximum absolute atomic E-state index is 13.0. The lowest BCUT2D eigenvalue weighted by Gasteiger charge is -2.24. The van der Waals surface area contributed by atoms with Crippen molar-refractivity contribution in [3.05, 3.63) is 63.2 Å². The second kappa shape index (κ2) is 8.63. The molecule has 2 aliphatic rings. The molecule has 1 saturated heterocycles. The summed E-state index contributed by atoms with van der Waals surface area (Å²) in [6, 6.07) is 9.23. The molecule has 162 valence electrons. The number of likely N-dealkylation sites (tertiary alicyclic amines) is 1. The van der Waals surface area contributed by atoms with Crippen molar-refractivity contribution >= 4 is 17.5 Å². The van der Waals surface area contributed by atoms with Crippen LogP contribution in [0.2, 0.25) is 0 Å². The normalized spacial score (nSPS) is 17.3. The Morgan fingerprint density at radius 2 is 1.94 bits per heavy atom. The quantitative estimate of drug-likeness (QED) is 0.582. The molecule has 2 aromatic carbocycles. The number of hydrogen-bond donors (Lipinski definition) is 1. The standard InChI is InChI=1S/C22H23N3O6/c1-14-11-16(5-6-17(14)25(28)29)22(27)24-8-2-3-18(24)21(26)23-13-15-4-7-19-20(12-15)31-10-9-30-19/h4-7,11-12,18H,2-3,8-10,13H2,1H3,(H,23,26). The molecule has 0 bridgehead atoms. The van der Waals surface area contributed by atoms with Gasteiger partial charge >= 0.3 is 0 Å². The summed E-state index contributed by atoms with van der Waals surface area (Å²) in [5, 5.41) is 13.9. The van der Waals surface area contributed by atoms with Crippen LogP contribution in [0, 0.1) is 17.0 Å². The zero-order chi connectivity index (χ0) is 22.0. The topological polar surface area (TPSA) is 111 Å². The molecule has 0 radical (unpaired) electrons. The smallest absolute Gasteiger partial charge is 0.272 e. The van der Waals surface area contributed by atoms with Crippen LogP contribution in [0.5, 0.6) is 11.5 Å². The number of nitro groups is 1. The van der Waals surface area contributed by atoms with E-state index in [1.54, 1.807) is 11.8 Å². The molecule has 9 heteroatoms. The van der Waals surface area contributed by atoms with E-state index in [0.29, 0.717) is 55.4 Å². The molecule has 2 amide bonds. The molecule has 2 aromatic rings. The highest BCUT2D eigenvalue weighted by atomic mass is 16.6. The van der Waals surface area contributed by atoms with Gasteiger partial charge in [-0.2, -0.15) is 0 Å². The Balaban J connectivity index is 1.42. The lowest BCUT2D eigenvalue weighted by atomic mass is 10.1. The van der Waals surface area contributed by atoms with Crippen molar-refractivity contribution in [1.82, 2.24) is 10.2 Å². The van der Waals surface area contributed by atoms with Crippen molar-refractivity contribution in [2.24, 2.45) is 0 Å². The highest BCUT2D eigenvalue weighted by molar-refractivity contribution is 5.98. The van der Waals surface area contributed by atoms with Gasteiger partial charge in [0, 0.05) is 30.3 Å². The number of amides is 2. The fourth-order valence-electron chi connectivity index (χ4n) is 3.95. The Hall–Kier alpha value is -3.62. The van der Waals surface area contributed by atoms with Gasteiger partial charge in [-0.15, -0.1) is 0 Å². The van der Waals surface area contributed by atoms with Crippen LogP contribution in [0.4, 0.5) is 5.69 Å². The molecule has 0 aliphatic carbocycles. The van der Waals surface area contributed by atoms with Crippen molar-refractivity contribution in [3.63, 3.8) is 0 Å². The number of ether oxygens (including phenoxy) is 2. The number of hydrogen-bond acceptors (Lipinski definition) is 6. The number of nitro benzene ring substituents is 1. The molecule has 1 atom stereocenters. The third kappa shape index (κ3) is 4.30. The van der Waals surface area contributed by atoms with E-state index in [4.69, 9.17) is 9.47 Å². The molecule has 9 nitrogen and oxygen atoms in total. The number of benzene rings is 2. The van der Waals surface area contributed by atoms with E-state index in [-0.39, 0.29) is 17.5 Å². The van der Waals surface area contributed by atoms with Crippen molar-refractivity contribution in [3.8, 4) is 11.5 Å². The maximum Gasteiger partial charge on any atom is 0.272 e. The molecule has 0 spiro atoms.